The summed E-state index contributed by atoms with van der Waals surface area (Å²) in [5, 5.41) is 13.1. The van der Waals surface area contributed by atoms with Crippen LogP contribution in [0.25, 0.3) is 0 Å². The standard InChI is InChI=1S/C17H13ClF3N5/c18-14-7-6-12(8-13(14)17(19,20)21)24-15-10-23-26-16(25-15)22-9-11-4-2-1-3-5-11/h1-8,10H,9H2,(H2,22,24,25,26). The van der Waals surface area contributed by atoms with Crippen LogP contribution in [-0.4, -0.2) is 15.2 Å². The van der Waals surface area contributed by atoms with Gasteiger partial charge in [0.05, 0.1) is 16.8 Å². The van der Waals surface area contributed by atoms with Crippen LogP contribution in [0, 0.1) is 0 Å². The van der Waals surface area contributed by atoms with Crippen LogP contribution in [0.5, 0.6) is 0 Å². The van der Waals surface area contributed by atoms with E-state index in [4.69, 9.17) is 11.6 Å². The molecule has 134 valence electrons. The van der Waals surface area contributed by atoms with Gasteiger partial charge in [-0.15, -0.1) is 5.10 Å². The van der Waals surface area contributed by atoms with Crippen molar-refractivity contribution >= 4 is 29.1 Å². The molecule has 0 aliphatic rings. The van der Waals surface area contributed by atoms with Crippen LogP contribution in [0.2, 0.25) is 5.02 Å². The van der Waals surface area contributed by atoms with Crippen LogP contribution in [-0.2, 0) is 12.7 Å². The molecule has 0 atom stereocenters. The topological polar surface area (TPSA) is 62.7 Å². The van der Waals surface area contributed by atoms with E-state index in [-0.39, 0.29) is 22.5 Å². The van der Waals surface area contributed by atoms with Gasteiger partial charge in [0.2, 0.25) is 5.95 Å². The van der Waals surface area contributed by atoms with Gasteiger partial charge < -0.3 is 10.6 Å². The quantitative estimate of drug-likeness (QED) is 0.660. The highest BCUT2D eigenvalue weighted by atomic mass is 35.5. The van der Waals surface area contributed by atoms with E-state index in [9.17, 15) is 13.2 Å². The molecular formula is C17H13ClF3N5. The molecule has 0 saturated carbocycles. The van der Waals surface area contributed by atoms with Crippen molar-refractivity contribution in [3.8, 4) is 0 Å². The summed E-state index contributed by atoms with van der Waals surface area (Å²) in [7, 11) is 0. The van der Waals surface area contributed by atoms with Gasteiger partial charge >= 0.3 is 6.18 Å². The highest BCUT2D eigenvalue weighted by Gasteiger charge is 2.33. The van der Waals surface area contributed by atoms with E-state index in [0.29, 0.717) is 6.54 Å². The first-order valence-corrected chi connectivity index (χ1v) is 7.91. The Morgan fingerprint density at radius 2 is 1.81 bits per heavy atom. The fraction of sp³-hybridized carbons (Fsp3) is 0.118. The molecule has 3 aromatic rings. The number of alkyl halides is 3. The number of hydrogen-bond donors (Lipinski definition) is 2. The lowest BCUT2D eigenvalue weighted by Crippen LogP contribution is -2.08. The summed E-state index contributed by atoms with van der Waals surface area (Å²) in [5.41, 5.74) is 0.298. The number of nitrogens with zero attached hydrogens (tertiary/aromatic N) is 3. The molecule has 0 aliphatic carbocycles. The van der Waals surface area contributed by atoms with Gasteiger partial charge in [0.1, 0.15) is 0 Å². The monoisotopic (exact) mass is 379 g/mol. The lowest BCUT2D eigenvalue weighted by molar-refractivity contribution is -0.137. The zero-order valence-corrected chi connectivity index (χ0v) is 14.0. The molecule has 1 aromatic heterocycles. The molecule has 9 heteroatoms. The molecule has 0 amide bonds. The Labute approximate surface area is 152 Å². The fourth-order valence-electron chi connectivity index (χ4n) is 2.18. The first-order valence-electron chi connectivity index (χ1n) is 7.53. The smallest absolute Gasteiger partial charge is 0.349 e. The summed E-state index contributed by atoms with van der Waals surface area (Å²) >= 11 is 5.61. The average Bonchev–Trinajstić information content (AvgIpc) is 2.62. The van der Waals surface area contributed by atoms with Crippen LogP contribution in [0.15, 0.2) is 54.7 Å². The Balaban J connectivity index is 1.73. The van der Waals surface area contributed by atoms with Crippen molar-refractivity contribution in [2.24, 2.45) is 0 Å². The Kier molecular flexibility index (Phi) is 5.22. The summed E-state index contributed by atoms with van der Waals surface area (Å²) in [6.07, 6.45) is -3.23. The van der Waals surface area contributed by atoms with Crippen LogP contribution >= 0.6 is 11.6 Å². The van der Waals surface area contributed by atoms with E-state index in [0.717, 1.165) is 11.6 Å². The number of benzene rings is 2. The van der Waals surface area contributed by atoms with E-state index in [1.165, 1.54) is 18.3 Å². The summed E-state index contributed by atoms with van der Waals surface area (Å²) in [6.45, 7) is 0.491. The van der Waals surface area contributed by atoms with Gasteiger partial charge in [0.15, 0.2) is 5.82 Å². The number of anilines is 3. The van der Waals surface area contributed by atoms with E-state index in [2.05, 4.69) is 25.8 Å². The van der Waals surface area contributed by atoms with Gasteiger partial charge in [-0.05, 0) is 23.8 Å². The molecule has 1 heterocycles. The molecular weight excluding hydrogens is 367 g/mol. The first kappa shape index (κ1) is 17.9. The second-order valence-corrected chi connectivity index (χ2v) is 5.73. The molecule has 3 rings (SSSR count). The van der Waals surface area contributed by atoms with E-state index in [1.807, 2.05) is 30.3 Å². The largest absolute Gasteiger partial charge is 0.417 e. The van der Waals surface area contributed by atoms with Crippen molar-refractivity contribution in [2.45, 2.75) is 12.7 Å². The van der Waals surface area contributed by atoms with E-state index in [1.54, 1.807) is 0 Å². The molecule has 2 aromatic carbocycles. The summed E-state index contributed by atoms with van der Waals surface area (Å²) < 4.78 is 38.8. The molecule has 0 radical (unpaired) electrons. The maximum Gasteiger partial charge on any atom is 0.417 e. The van der Waals surface area contributed by atoms with Gasteiger partial charge in [0.25, 0.3) is 0 Å². The minimum atomic E-state index is -4.54. The molecule has 2 N–H and O–H groups in total. The summed E-state index contributed by atoms with van der Waals surface area (Å²) in [6, 6.07) is 13.1. The summed E-state index contributed by atoms with van der Waals surface area (Å²) in [5.74, 6) is 0.509. The van der Waals surface area contributed by atoms with Crippen molar-refractivity contribution in [1.29, 1.82) is 0 Å². The lowest BCUT2D eigenvalue weighted by atomic mass is 10.2. The molecule has 0 bridgehead atoms. The summed E-state index contributed by atoms with van der Waals surface area (Å²) in [4.78, 5) is 4.19. The fourth-order valence-corrected chi connectivity index (χ4v) is 2.41. The number of aromatic nitrogens is 3. The van der Waals surface area contributed by atoms with Crippen molar-refractivity contribution in [2.75, 3.05) is 10.6 Å². The van der Waals surface area contributed by atoms with E-state index >= 15 is 0 Å². The van der Waals surface area contributed by atoms with Gasteiger partial charge in [-0.3, -0.25) is 0 Å². The molecule has 5 nitrogen and oxygen atoms in total. The van der Waals surface area contributed by atoms with Crippen molar-refractivity contribution in [1.82, 2.24) is 15.2 Å². The Hall–Kier alpha value is -2.87. The van der Waals surface area contributed by atoms with Crippen LogP contribution in [0.3, 0.4) is 0 Å². The maximum atomic E-state index is 12.9. The molecule has 0 unspecified atom stereocenters. The predicted octanol–water partition coefficient (Wildman–Crippen LogP) is 4.90. The third-order valence-corrected chi connectivity index (χ3v) is 3.73. The Morgan fingerprint density at radius 3 is 2.54 bits per heavy atom. The van der Waals surface area contributed by atoms with Gasteiger partial charge in [-0.1, -0.05) is 41.9 Å². The minimum Gasteiger partial charge on any atom is -0.349 e. The SMILES string of the molecule is FC(F)(F)c1cc(Nc2cnnc(NCc3ccccc3)n2)ccc1Cl. The first-order chi connectivity index (χ1) is 12.4. The number of rotatable bonds is 5. The highest BCUT2D eigenvalue weighted by Crippen LogP contribution is 2.36. The lowest BCUT2D eigenvalue weighted by Gasteiger charge is -2.12. The van der Waals surface area contributed by atoms with Crippen LogP contribution < -0.4 is 10.6 Å². The number of nitrogens with one attached hydrogen (secondary N) is 2. The second-order valence-electron chi connectivity index (χ2n) is 5.32. The van der Waals surface area contributed by atoms with E-state index < -0.39 is 11.7 Å². The van der Waals surface area contributed by atoms with Crippen LogP contribution in [0.1, 0.15) is 11.1 Å². The minimum absolute atomic E-state index is 0.191. The van der Waals surface area contributed by atoms with Crippen molar-refractivity contribution in [3.05, 3.63) is 70.9 Å². The second kappa shape index (κ2) is 7.57. The van der Waals surface area contributed by atoms with Crippen molar-refractivity contribution < 1.29 is 13.2 Å². The zero-order valence-electron chi connectivity index (χ0n) is 13.3. The molecule has 0 aliphatic heterocycles. The van der Waals surface area contributed by atoms with Gasteiger partial charge in [-0.25, -0.2) is 0 Å². The Morgan fingerprint density at radius 1 is 1.04 bits per heavy atom. The average molecular weight is 380 g/mol. The number of halogens is 4. The van der Waals surface area contributed by atoms with Gasteiger partial charge in [0, 0.05) is 12.2 Å². The third kappa shape index (κ3) is 4.60. The highest BCUT2D eigenvalue weighted by molar-refractivity contribution is 6.31. The predicted molar refractivity (Wildman–Crippen MR) is 93.3 cm³/mol. The van der Waals surface area contributed by atoms with Gasteiger partial charge in [-0.2, -0.15) is 23.3 Å². The molecule has 26 heavy (non-hydrogen) atoms. The maximum absolute atomic E-state index is 12.9. The number of hydrogen-bond acceptors (Lipinski definition) is 5. The van der Waals surface area contributed by atoms with Crippen LogP contribution in [0.4, 0.5) is 30.6 Å². The normalized spacial score (nSPS) is 11.2. The molecule has 0 fully saturated rings. The Bertz CT molecular complexity index is 887. The zero-order chi connectivity index (χ0) is 18.6. The van der Waals surface area contributed by atoms with Crippen molar-refractivity contribution in [3.63, 3.8) is 0 Å². The third-order valence-electron chi connectivity index (χ3n) is 3.40. The molecule has 0 spiro atoms. The molecule has 0 saturated heterocycles.